The van der Waals surface area contributed by atoms with Crippen molar-refractivity contribution in [1.82, 2.24) is 24.5 Å². The molecule has 4 heterocycles. The lowest BCUT2D eigenvalue weighted by molar-refractivity contribution is -0.115. The number of dihydropyridines is 1. The second-order valence-electron chi connectivity index (χ2n) is 8.71. The highest BCUT2D eigenvalue weighted by Crippen LogP contribution is 2.37. The number of carbonyl (C=O) groups is 1. The zero-order valence-corrected chi connectivity index (χ0v) is 19.2. The molecule has 1 unspecified atom stereocenters. The summed E-state index contributed by atoms with van der Waals surface area (Å²) in [5, 5.41) is 13.1. The van der Waals surface area contributed by atoms with E-state index >= 15 is 0 Å². The second kappa shape index (κ2) is 8.91. The van der Waals surface area contributed by atoms with Crippen molar-refractivity contribution in [1.29, 1.82) is 0 Å². The van der Waals surface area contributed by atoms with Crippen molar-refractivity contribution in [3.8, 4) is 11.3 Å². The first-order chi connectivity index (χ1) is 16.7. The van der Waals surface area contributed by atoms with Crippen LogP contribution in [0.15, 0.2) is 41.8 Å². The molecule has 1 N–H and O–H groups in total. The van der Waals surface area contributed by atoms with E-state index in [-0.39, 0.29) is 12.1 Å². The van der Waals surface area contributed by atoms with Gasteiger partial charge in [-0.1, -0.05) is 0 Å². The van der Waals surface area contributed by atoms with Gasteiger partial charge in [-0.3, -0.25) is 14.2 Å². The van der Waals surface area contributed by atoms with Crippen LogP contribution in [0.5, 0.6) is 0 Å². The van der Waals surface area contributed by atoms with Crippen molar-refractivity contribution in [3.05, 3.63) is 36.8 Å². The normalized spacial score (nSPS) is 23.1. The third kappa shape index (κ3) is 4.57. The molecule has 184 valence electrons. The lowest BCUT2D eigenvalue weighted by Crippen LogP contribution is -2.40. The molecule has 12 heteroatoms. The molecule has 0 radical (unpaired) electrons. The van der Waals surface area contributed by atoms with Gasteiger partial charge in [0.15, 0.2) is 5.71 Å². The zero-order chi connectivity index (χ0) is 24.7. The van der Waals surface area contributed by atoms with Gasteiger partial charge < -0.3 is 10.1 Å². The van der Waals surface area contributed by atoms with E-state index in [4.69, 9.17) is 9.84 Å². The lowest BCUT2D eigenvalue weighted by atomic mass is 9.92. The number of hydrogen-bond acceptors (Lipinski definition) is 6. The number of rotatable bonds is 5. The highest BCUT2D eigenvalue weighted by molar-refractivity contribution is 6.08. The van der Waals surface area contributed by atoms with Crippen LogP contribution in [0, 0.1) is 0 Å². The number of nitrogens with zero attached hydrogens (tertiary/aromatic N) is 6. The minimum atomic E-state index is -4.72. The number of alkyl halides is 3. The van der Waals surface area contributed by atoms with Crippen molar-refractivity contribution >= 4 is 28.3 Å². The quantitative estimate of drug-likeness (QED) is 0.587. The van der Waals surface area contributed by atoms with Crippen molar-refractivity contribution in [3.63, 3.8) is 0 Å². The maximum atomic E-state index is 13.3. The molecule has 1 fully saturated rings. The molecular weight excluding hydrogens is 463 g/mol. The Labute approximate surface area is 198 Å². The summed E-state index contributed by atoms with van der Waals surface area (Å²) in [4.78, 5) is 19.0. The minimum absolute atomic E-state index is 0.0501. The Morgan fingerprint density at radius 2 is 1.94 bits per heavy atom. The molecule has 1 atom stereocenters. The van der Waals surface area contributed by atoms with E-state index in [1.54, 1.807) is 24.1 Å². The highest BCUT2D eigenvalue weighted by atomic mass is 19.4. The number of fused-ring (bicyclic) bond motifs is 1. The number of aliphatic imine (C=N–C) groups is 1. The fourth-order valence-corrected chi connectivity index (χ4v) is 4.65. The van der Waals surface area contributed by atoms with E-state index in [1.165, 1.54) is 0 Å². The Morgan fingerprint density at radius 3 is 2.60 bits per heavy atom. The van der Waals surface area contributed by atoms with Gasteiger partial charge in [-0.2, -0.15) is 23.4 Å². The van der Waals surface area contributed by atoms with Crippen LogP contribution in [0.3, 0.4) is 0 Å². The zero-order valence-electron chi connectivity index (χ0n) is 19.2. The number of ether oxygens (including phenoxy) is 1. The molecule has 35 heavy (non-hydrogen) atoms. The van der Waals surface area contributed by atoms with Crippen LogP contribution in [0.4, 0.5) is 19.0 Å². The number of pyridine rings is 1. The summed E-state index contributed by atoms with van der Waals surface area (Å²) in [5.41, 5.74) is 1.39. The Hall–Kier alpha value is -3.54. The maximum Gasteiger partial charge on any atom is 0.432 e. The molecule has 1 saturated carbocycles. The highest BCUT2D eigenvalue weighted by Gasteiger charge is 2.43. The van der Waals surface area contributed by atoms with Gasteiger partial charge >= 0.3 is 6.18 Å². The summed E-state index contributed by atoms with van der Waals surface area (Å²) in [6, 6.07) is 2.00. The van der Waals surface area contributed by atoms with E-state index in [0.717, 1.165) is 34.3 Å². The van der Waals surface area contributed by atoms with Crippen molar-refractivity contribution < 1.29 is 22.7 Å². The molecule has 1 aliphatic carbocycles. The summed E-state index contributed by atoms with van der Waals surface area (Å²) >= 11 is 0. The molecule has 0 spiro atoms. The lowest BCUT2D eigenvalue weighted by Gasteiger charge is -2.32. The number of aromatic nitrogens is 5. The molecule has 1 aliphatic heterocycles. The van der Waals surface area contributed by atoms with Gasteiger partial charge in [0.25, 0.3) is 5.91 Å². The summed E-state index contributed by atoms with van der Waals surface area (Å²) < 4.78 is 49.4. The van der Waals surface area contributed by atoms with E-state index in [0.29, 0.717) is 31.5 Å². The molecule has 3 aromatic heterocycles. The number of anilines is 1. The predicted molar refractivity (Wildman–Crippen MR) is 123 cm³/mol. The first-order valence-corrected chi connectivity index (χ1v) is 11.3. The SMILES string of the molecule is CNc1cc2c(cn1)c(-c1cnn(C)c1)nn2C1CCC(OC2C=CC(=O)N=C2C(F)(F)F)CC1. The van der Waals surface area contributed by atoms with Gasteiger partial charge in [0.05, 0.1) is 23.9 Å². The van der Waals surface area contributed by atoms with Crippen molar-refractivity contribution in [2.45, 2.75) is 50.1 Å². The van der Waals surface area contributed by atoms with Crippen molar-refractivity contribution in [2.75, 3.05) is 12.4 Å². The Bertz CT molecular complexity index is 1320. The van der Waals surface area contributed by atoms with E-state index in [9.17, 15) is 18.0 Å². The van der Waals surface area contributed by atoms with Gasteiger partial charge in [0.2, 0.25) is 0 Å². The topological polar surface area (TPSA) is 99.2 Å². The molecule has 0 saturated heterocycles. The number of hydrogen-bond donors (Lipinski definition) is 1. The first-order valence-electron chi connectivity index (χ1n) is 11.3. The molecule has 3 aromatic rings. The summed E-state index contributed by atoms with van der Waals surface area (Å²) in [6.07, 6.45) is 3.59. The molecule has 2 aliphatic rings. The fraction of sp³-hybridized carbons (Fsp3) is 0.435. The summed E-state index contributed by atoms with van der Waals surface area (Å²) in [7, 11) is 3.64. The average molecular weight is 487 g/mol. The van der Waals surface area contributed by atoms with Gasteiger partial charge in [-0.15, -0.1) is 0 Å². The van der Waals surface area contributed by atoms with Crippen LogP contribution >= 0.6 is 0 Å². The largest absolute Gasteiger partial charge is 0.432 e. The standard InChI is InChI=1S/C23H24F3N7O2/c1-27-19-9-17-16(11-28-19)21(13-10-29-32(2)12-13)31-33(17)14-3-5-15(6-4-14)35-18-7-8-20(34)30-22(18)23(24,25)26/h7-12,14-15,18H,3-6H2,1-2H3,(H,27,28). The molecule has 5 rings (SSSR count). The van der Waals surface area contributed by atoms with Crippen LogP contribution in [0.1, 0.15) is 31.7 Å². The van der Waals surface area contributed by atoms with E-state index in [2.05, 4.69) is 20.4 Å². The smallest absolute Gasteiger partial charge is 0.373 e. The van der Waals surface area contributed by atoms with Gasteiger partial charge in [0, 0.05) is 49.6 Å². The minimum Gasteiger partial charge on any atom is -0.373 e. The second-order valence-corrected chi connectivity index (χ2v) is 8.71. The van der Waals surface area contributed by atoms with Gasteiger partial charge in [-0.05, 0) is 31.8 Å². The first kappa shape index (κ1) is 23.2. The monoisotopic (exact) mass is 487 g/mol. The Kier molecular flexibility index (Phi) is 5.91. The Morgan fingerprint density at radius 1 is 1.17 bits per heavy atom. The number of nitrogens with one attached hydrogen (secondary N) is 1. The van der Waals surface area contributed by atoms with Crippen LogP contribution in [-0.2, 0) is 16.6 Å². The number of aryl methyl sites for hydroxylation is 1. The Balaban J connectivity index is 1.36. The number of halogens is 3. The summed E-state index contributed by atoms with van der Waals surface area (Å²) in [5.74, 6) is -0.211. The van der Waals surface area contributed by atoms with Crippen LogP contribution in [0.2, 0.25) is 0 Å². The molecule has 9 nitrogen and oxygen atoms in total. The van der Waals surface area contributed by atoms with Gasteiger partial charge in [-0.25, -0.2) is 9.98 Å². The maximum absolute atomic E-state index is 13.3. The number of carbonyl (C=O) groups excluding carboxylic acids is 1. The molecule has 0 bridgehead atoms. The third-order valence-corrected chi connectivity index (χ3v) is 6.36. The number of amides is 1. The molecule has 1 amide bonds. The average Bonchev–Trinajstić information content (AvgIpc) is 3.43. The van der Waals surface area contributed by atoms with Crippen LogP contribution in [0.25, 0.3) is 22.2 Å². The van der Waals surface area contributed by atoms with Crippen LogP contribution in [-0.4, -0.2) is 61.6 Å². The van der Waals surface area contributed by atoms with E-state index in [1.807, 2.05) is 24.0 Å². The van der Waals surface area contributed by atoms with E-state index < -0.39 is 23.9 Å². The van der Waals surface area contributed by atoms with Crippen molar-refractivity contribution in [2.24, 2.45) is 12.0 Å². The van der Waals surface area contributed by atoms with Gasteiger partial charge in [0.1, 0.15) is 17.6 Å². The predicted octanol–water partition coefficient (Wildman–Crippen LogP) is 3.84. The fourth-order valence-electron chi connectivity index (χ4n) is 4.65. The third-order valence-electron chi connectivity index (χ3n) is 6.36. The summed E-state index contributed by atoms with van der Waals surface area (Å²) in [6.45, 7) is 0. The van der Waals surface area contributed by atoms with Crippen LogP contribution < -0.4 is 5.32 Å². The molecular formula is C23H24F3N7O2. The molecule has 0 aromatic carbocycles.